The molecule has 0 unspecified atom stereocenters. The van der Waals surface area contributed by atoms with Crippen molar-refractivity contribution in [2.45, 2.75) is 6.82 Å². The van der Waals surface area contributed by atoms with E-state index in [-0.39, 0.29) is 55.2 Å². The van der Waals surface area contributed by atoms with Gasteiger partial charge in [-0.15, -0.1) is 0 Å². The van der Waals surface area contributed by atoms with E-state index in [1.54, 1.807) is 0 Å². The molecule has 0 N–H and O–H groups in total. The Balaban J connectivity index is -0.0000000200. The van der Waals surface area contributed by atoms with E-state index in [1.807, 2.05) is 0 Å². The van der Waals surface area contributed by atoms with Crippen LogP contribution in [-0.2, 0) is 17.1 Å². The first-order valence-electron chi connectivity index (χ1n) is 1.06. The zero-order valence-corrected chi connectivity index (χ0v) is 9.22. The van der Waals surface area contributed by atoms with E-state index in [9.17, 15) is 0 Å². The normalized spacial score (nSPS) is 2.40. The standard InChI is InChI=1S/CH4B.Dy.Fe.Nd/c1-2;;;/h2H,1H3;;;/q+1;;;-1. The van der Waals surface area contributed by atoms with E-state index in [0.717, 1.165) is 0 Å². The molecule has 4 heteroatoms. The Morgan fingerprint density at radius 2 is 1.60 bits per heavy atom. The summed E-state index contributed by atoms with van der Waals surface area (Å²) in [6.07, 6.45) is 0. The largest absolute Gasteiger partial charge is 0 e. The van der Waals surface area contributed by atoms with Gasteiger partial charge in [0.05, 0.1) is 0 Å². The summed E-state index contributed by atoms with van der Waals surface area (Å²) in [5.41, 5.74) is 0. The second kappa shape index (κ2) is 15.7. The summed E-state index contributed by atoms with van der Waals surface area (Å²) in [5, 5.41) is 0. The monoisotopic (exact) mass is 389 g/mol. The molecule has 0 atom stereocenters. The maximum atomic E-state index is 2.19. The van der Waals surface area contributed by atoms with Crippen molar-refractivity contribution in [2.75, 3.05) is 0 Å². The predicted octanol–water partition coefficient (Wildman–Crippen LogP) is -0.0672. The topological polar surface area (TPSA) is 0 Å². The summed E-state index contributed by atoms with van der Waals surface area (Å²) < 4.78 is 1.39. The van der Waals surface area contributed by atoms with E-state index >= 15 is 0 Å². The summed E-state index contributed by atoms with van der Waals surface area (Å²) in [6.45, 7) is 2.19. The third-order valence-electron chi connectivity index (χ3n) is 0. The fourth-order valence-corrected chi connectivity index (χ4v) is 0. The quantitative estimate of drug-likeness (QED) is 0.509. The van der Waals surface area contributed by atoms with Crippen LogP contribution in [0.3, 0.4) is 0 Å². The van der Waals surface area contributed by atoms with Gasteiger partial charge in [0, 0.05) is 55.2 Å². The van der Waals surface area contributed by atoms with Crippen molar-refractivity contribution < 1.29 is 93.7 Å². The van der Waals surface area contributed by atoms with E-state index < -0.39 is 0 Å². The molecule has 0 aliphatic carbocycles. The van der Waals surface area contributed by atoms with E-state index in [4.69, 9.17) is 0 Å². The summed E-state index contributed by atoms with van der Waals surface area (Å²) in [4.78, 5) is 0. The molecule has 0 radical (unpaired) electrons. The van der Waals surface area contributed by atoms with E-state index in [0.29, 0.717) is 0 Å². The average molecular weight is 389 g/mol. The Morgan fingerprint density at radius 1 is 1.60 bits per heavy atom. The van der Waals surface area contributed by atoms with Gasteiger partial charge >= 0.3 is 47.9 Å². The maximum Gasteiger partial charge on any atom is 0 e. The van der Waals surface area contributed by atoms with Crippen molar-refractivity contribution in [3.05, 3.63) is 0 Å². The minimum absolute atomic E-state index is 0. The van der Waals surface area contributed by atoms with Gasteiger partial charge in [-0.3, -0.25) is 0 Å². The Bertz CT molecular complexity index is 11.6. The van der Waals surface area contributed by atoms with Gasteiger partial charge in [-0.05, 0) is 0 Å². The second-order valence-corrected chi connectivity index (χ2v) is 2.62. The van der Waals surface area contributed by atoms with E-state index in [1.165, 1.54) is 41.1 Å². The number of hydrogen-bond donors (Lipinski definition) is 0. The van der Waals surface area contributed by atoms with Crippen LogP contribution in [0.5, 0.6) is 0 Å². The maximum absolute atomic E-state index is 2.19. The van der Waals surface area contributed by atoms with Crippen LogP contribution in [0.1, 0.15) is 0 Å². The summed E-state index contributed by atoms with van der Waals surface area (Å²) in [6, 6.07) is 0. The minimum atomic E-state index is 0. The Hall–Kier alpha value is 3.21. The summed E-state index contributed by atoms with van der Waals surface area (Å²) in [7, 11) is 0. The van der Waals surface area contributed by atoms with Crippen LogP contribution in [0.15, 0.2) is 0 Å². The van der Waals surface area contributed by atoms with Crippen molar-refractivity contribution in [2.24, 2.45) is 0 Å². The first-order valence-corrected chi connectivity index (χ1v) is 3.33. The third-order valence-corrected chi connectivity index (χ3v) is 0. The second-order valence-electron chi connectivity index (χ2n) is 0.354. The van der Waals surface area contributed by atoms with Crippen molar-refractivity contribution in [3.63, 3.8) is 0 Å². The third kappa shape index (κ3) is 19.0. The molecule has 0 spiro atoms. The van der Waals surface area contributed by atoms with Crippen molar-refractivity contribution in [3.8, 4) is 0 Å². The van der Waals surface area contributed by atoms with Crippen LogP contribution in [0.25, 0.3) is 0 Å². The molecule has 5 heavy (non-hydrogen) atoms. The molecule has 33 valence electrons. The van der Waals surface area contributed by atoms with Crippen molar-refractivity contribution in [1.29, 1.82) is 0 Å². The van der Waals surface area contributed by atoms with Crippen LogP contribution in [0.2, 0.25) is 6.82 Å². The van der Waals surface area contributed by atoms with Crippen LogP contribution in [0, 0.1) is 76.6 Å². The molecule has 0 aromatic carbocycles. The number of hydrogen-bond acceptors (Lipinski definition) is 0. The van der Waals surface area contributed by atoms with Crippen molar-refractivity contribution >= 4 is 2.62 Å². The van der Waals surface area contributed by atoms with Gasteiger partial charge in [0.15, 0.2) is 0 Å². The zero-order valence-electron chi connectivity index (χ0n) is 2.88. The number of rotatable bonds is 0. The molecule has 0 saturated heterocycles. The Morgan fingerprint density at radius 3 is 1.60 bits per heavy atom. The molecular weight excluding hydrogens is 385 g/mol. The van der Waals surface area contributed by atoms with Crippen molar-refractivity contribution in [1.82, 2.24) is 0 Å². The molecule has 0 aromatic rings. The Labute approximate surface area is 100 Å². The smallest absolute Gasteiger partial charge is 0 e. The first kappa shape index (κ1) is 15.7. The van der Waals surface area contributed by atoms with Gasteiger partial charge in [-0.1, -0.05) is 0 Å². The van der Waals surface area contributed by atoms with Crippen LogP contribution >= 0.6 is 0 Å². The van der Waals surface area contributed by atoms with Crippen LogP contribution in [0.4, 0.5) is 0 Å². The average Bonchev–Trinajstić information content (AvgIpc) is 0.918. The summed E-state index contributed by atoms with van der Waals surface area (Å²) >= 11 is 1.37. The fraction of sp³-hybridized carbons (Fsp3) is 1.00. The molecule has 0 amide bonds. The fourth-order valence-electron chi connectivity index (χ4n) is 0. The molecule has 0 saturated carbocycles. The molecule has 0 rings (SSSR count). The molecule has 0 bridgehead atoms. The van der Waals surface area contributed by atoms with Gasteiger partial charge in [-0.2, -0.15) is 0 Å². The molecule has 0 aromatic heterocycles. The zero-order chi connectivity index (χ0) is 2.71. The molecular formula is CH4BDyFeNd. The molecule has 0 heterocycles. The molecule has 0 aliphatic rings. The first-order chi connectivity index (χ1) is 1.41. The molecule has 0 nitrogen and oxygen atoms in total. The van der Waals surface area contributed by atoms with Gasteiger partial charge in [0.1, 0.15) is 0 Å². The van der Waals surface area contributed by atoms with Crippen LogP contribution < -0.4 is 0 Å². The van der Waals surface area contributed by atoms with Gasteiger partial charge in [0.25, 0.3) is 0 Å². The van der Waals surface area contributed by atoms with Crippen LogP contribution in [-0.4, -0.2) is 2.62 Å². The minimum Gasteiger partial charge on any atom is 0 e. The SMILES string of the molecule is C[BH][Nd].[Dy].[Fe]. The molecule has 0 fully saturated rings. The summed E-state index contributed by atoms with van der Waals surface area (Å²) in [5.74, 6) is 0. The van der Waals surface area contributed by atoms with E-state index in [2.05, 4.69) is 6.82 Å². The van der Waals surface area contributed by atoms with Gasteiger partial charge in [-0.25, -0.2) is 0 Å². The van der Waals surface area contributed by atoms with Gasteiger partial charge in [0.2, 0.25) is 0 Å². The predicted molar refractivity (Wildman–Crippen MR) is 13.0 cm³/mol. The molecule has 0 aliphatic heterocycles. The van der Waals surface area contributed by atoms with Gasteiger partial charge < -0.3 is 0 Å². The Kier molecular flexibility index (Phi) is 49.3.